The number of carbonyl (C=O) groups excluding carboxylic acids is 2. The Bertz CT molecular complexity index is 568. The molecule has 126 valence electrons. The lowest BCUT2D eigenvalue weighted by Crippen LogP contribution is -2.46. The Kier molecular flexibility index (Phi) is 5.74. The molecular weight excluding hydrogens is 294 g/mol. The van der Waals surface area contributed by atoms with E-state index in [1.54, 1.807) is 7.11 Å². The van der Waals surface area contributed by atoms with Gasteiger partial charge in [-0.1, -0.05) is 12.1 Å². The maximum atomic E-state index is 12.7. The fraction of sp³-hybridized carbons (Fsp3) is 0.529. The molecule has 2 unspecified atom stereocenters. The van der Waals surface area contributed by atoms with Crippen LogP contribution < -0.4 is 16.0 Å². The molecule has 0 aliphatic carbocycles. The zero-order valence-electron chi connectivity index (χ0n) is 13.9. The van der Waals surface area contributed by atoms with Crippen LogP contribution >= 0.6 is 0 Å². The molecule has 23 heavy (non-hydrogen) atoms. The molecule has 1 saturated heterocycles. The molecule has 6 heteroatoms. The van der Waals surface area contributed by atoms with Gasteiger partial charge in [-0.05, 0) is 37.6 Å². The second-order valence-corrected chi connectivity index (χ2v) is 6.14. The number of benzene rings is 1. The Morgan fingerprint density at radius 3 is 2.83 bits per heavy atom. The average molecular weight is 319 g/mol. The largest absolute Gasteiger partial charge is 0.384 e. The molecule has 6 nitrogen and oxygen atoms in total. The lowest BCUT2D eigenvalue weighted by molar-refractivity contribution is -0.133. The van der Waals surface area contributed by atoms with Crippen molar-refractivity contribution >= 4 is 17.5 Å². The Balaban J connectivity index is 2.07. The molecular formula is C17H25N3O3. The molecule has 2 amide bonds. The molecule has 0 aromatic heterocycles. The van der Waals surface area contributed by atoms with Gasteiger partial charge in [-0.15, -0.1) is 0 Å². The third kappa shape index (κ3) is 4.30. The summed E-state index contributed by atoms with van der Waals surface area (Å²) in [6, 6.07) is 7.36. The van der Waals surface area contributed by atoms with Crippen molar-refractivity contribution in [3.05, 3.63) is 29.8 Å². The van der Waals surface area contributed by atoms with Crippen molar-refractivity contribution in [1.29, 1.82) is 0 Å². The molecule has 1 aromatic carbocycles. The first kappa shape index (κ1) is 17.4. The van der Waals surface area contributed by atoms with Gasteiger partial charge in [0, 0.05) is 26.3 Å². The van der Waals surface area contributed by atoms with E-state index in [9.17, 15) is 9.59 Å². The molecule has 2 atom stereocenters. The van der Waals surface area contributed by atoms with Gasteiger partial charge in [-0.3, -0.25) is 9.59 Å². The van der Waals surface area contributed by atoms with Gasteiger partial charge in [-0.25, -0.2) is 0 Å². The van der Waals surface area contributed by atoms with E-state index < -0.39 is 5.41 Å². The monoisotopic (exact) mass is 319 g/mol. The first-order chi connectivity index (χ1) is 11.0. The Morgan fingerprint density at radius 1 is 1.43 bits per heavy atom. The minimum Gasteiger partial charge on any atom is -0.384 e. The van der Waals surface area contributed by atoms with E-state index in [1.165, 1.54) is 6.92 Å². The number of amides is 2. The van der Waals surface area contributed by atoms with Crippen LogP contribution in [0.5, 0.6) is 0 Å². The normalized spacial score (nSPS) is 21.7. The fourth-order valence-electron chi connectivity index (χ4n) is 2.92. The number of rotatable bonds is 6. The van der Waals surface area contributed by atoms with E-state index in [0.29, 0.717) is 13.2 Å². The number of hydrogen-bond acceptors (Lipinski definition) is 4. The summed E-state index contributed by atoms with van der Waals surface area (Å²) in [5.74, 6) is -0.114. The predicted octanol–water partition coefficient (Wildman–Crippen LogP) is 1.45. The van der Waals surface area contributed by atoms with Gasteiger partial charge in [0.1, 0.15) is 0 Å². The van der Waals surface area contributed by atoms with E-state index in [1.807, 2.05) is 31.2 Å². The molecule has 1 fully saturated rings. The van der Waals surface area contributed by atoms with E-state index in [-0.39, 0.29) is 17.9 Å². The molecule has 0 saturated carbocycles. The first-order valence-corrected chi connectivity index (χ1v) is 7.85. The summed E-state index contributed by atoms with van der Waals surface area (Å²) in [4.78, 5) is 23.9. The maximum Gasteiger partial charge on any atom is 0.230 e. The Labute approximate surface area is 137 Å². The Morgan fingerprint density at radius 2 is 2.22 bits per heavy atom. The van der Waals surface area contributed by atoms with Crippen LogP contribution in [-0.4, -0.2) is 38.6 Å². The second-order valence-electron chi connectivity index (χ2n) is 6.14. The number of anilines is 1. The van der Waals surface area contributed by atoms with Gasteiger partial charge < -0.3 is 20.7 Å². The zero-order chi connectivity index (χ0) is 16.9. The maximum absolute atomic E-state index is 12.7. The number of methoxy groups -OCH3 is 1. The summed E-state index contributed by atoms with van der Waals surface area (Å²) >= 11 is 0. The number of hydrogen-bond donors (Lipinski definition) is 3. The van der Waals surface area contributed by atoms with Crippen molar-refractivity contribution in [2.24, 2.45) is 5.41 Å². The SMILES string of the molecule is COCC1(C(=O)NC(C)c2cccc(NC(C)=O)c2)CCNC1. The van der Waals surface area contributed by atoms with Crippen molar-refractivity contribution < 1.29 is 14.3 Å². The van der Waals surface area contributed by atoms with E-state index >= 15 is 0 Å². The minimum atomic E-state index is -0.502. The molecule has 0 bridgehead atoms. The molecule has 3 N–H and O–H groups in total. The number of ether oxygens (including phenoxy) is 1. The topological polar surface area (TPSA) is 79.5 Å². The number of nitrogens with one attached hydrogen (secondary N) is 3. The highest BCUT2D eigenvalue weighted by atomic mass is 16.5. The minimum absolute atomic E-state index is 0.00165. The van der Waals surface area contributed by atoms with Gasteiger partial charge >= 0.3 is 0 Å². The van der Waals surface area contributed by atoms with Crippen LogP contribution in [0.2, 0.25) is 0 Å². The zero-order valence-corrected chi connectivity index (χ0v) is 13.9. The lowest BCUT2D eigenvalue weighted by Gasteiger charge is -2.28. The fourth-order valence-corrected chi connectivity index (χ4v) is 2.92. The molecule has 1 heterocycles. The summed E-state index contributed by atoms with van der Waals surface area (Å²) in [5, 5.41) is 9.06. The molecule has 0 radical (unpaired) electrons. The smallest absolute Gasteiger partial charge is 0.230 e. The van der Waals surface area contributed by atoms with Crippen molar-refractivity contribution in [1.82, 2.24) is 10.6 Å². The van der Waals surface area contributed by atoms with Crippen LogP contribution in [0, 0.1) is 5.41 Å². The van der Waals surface area contributed by atoms with Gasteiger partial charge in [0.2, 0.25) is 11.8 Å². The molecule has 1 aromatic rings. The van der Waals surface area contributed by atoms with E-state index in [2.05, 4.69) is 16.0 Å². The van der Waals surface area contributed by atoms with Gasteiger partial charge in [0.05, 0.1) is 18.1 Å². The van der Waals surface area contributed by atoms with Gasteiger partial charge in [-0.2, -0.15) is 0 Å². The van der Waals surface area contributed by atoms with Crippen molar-refractivity contribution in [3.63, 3.8) is 0 Å². The summed E-state index contributed by atoms with van der Waals surface area (Å²) < 4.78 is 5.25. The summed E-state index contributed by atoms with van der Waals surface area (Å²) in [7, 11) is 1.62. The third-order valence-corrected chi connectivity index (χ3v) is 4.20. The third-order valence-electron chi connectivity index (χ3n) is 4.20. The highest BCUT2D eigenvalue weighted by Crippen LogP contribution is 2.27. The van der Waals surface area contributed by atoms with Crippen molar-refractivity contribution in [2.45, 2.75) is 26.3 Å². The summed E-state index contributed by atoms with van der Waals surface area (Å²) in [6.45, 7) is 5.27. The van der Waals surface area contributed by atoms with Crippen LogP contribution in [0.4, 0.5) is 5.69 Å². The standard InChI is InChI=1S/C17H25N3O3/c1-12(14-5-4-6-15(9-14)20-13(2)21)19-16(22)17(11-23-3)7-8-18-10-17/h4-6,9,12,18H,7-8,10-11H2,1-3H3,(H,19,22)(H,20,21). The quantitative estimate of drug-likeness (QED) is 0.741. The molecule has 2 rings (SSSR count). The highest BCUT2D eigenvalue weighted by Gasteiger charge is 2.41. The van der Waals surface area contributed by atoms with E-state index in [0.717, 1.165) is 24.2 Å². The molecule has 0 spiro atoms. The van der Waals surface area contributed by atoms with E-state index in [4.69, 9.17) is 4.74 Å². The number of carbonyl (C=O) groups is 2. The van der Waals surface area contributed by atoms with Crippen LogP contribution in [0.15, 0.2) is 24.3 Å². The Hall–Kier alpha value is -1.92. The summed E-state index contributed by atoms with van der Waals surface area (Å²) in [6.07, 6.45) is 0.769. The van der Waals surface area contributed by atoms with Gasteiger partial charge in [0.15, 0.2) is 0 Å². The van der Waals surface area contributed by atoms with Crippen molar-refractivity contribution in [3.8, 4) is 0 Å². The van der Waals surface area contributed by atoms with Crippen LogP contribution in [-0.2, 0) is 14.3 Å². The first-order valence-electron chi connectivity index (χ1n) is 7.85. The highest BCUT2D eigenvalue weighted by molar-refractivity contribution is 5.88. The van der Waals surface area contributed by atoms with Crippen molar-refractivity contribution in [2.75, 3.05) is 32.1 Å². The van der Waals surface area contributed by atoms with Crippen LogP contribution in [0.25, 0.3) is 0 Å². The molecule has 1 aliphatic heterocycles. The predicted molar refractivity (Wildman–Crippen MR) is 89.1 cm³/mol. The van der Waals surface area contributed by atoms with Crippen LogP contribution in [0.3, 0.4) is 0 Å². The second kappa shape index (κ2) is 7.57. The lowest BCUT2D eigenvalue weighted by atomic mass is 9.86. The van der Waals surface area contributed by atoms with Gasteiger partial charge in [0.25, 0.3) is 0 Å². The summed E-state index contributed by atoms with van der Waals surface area (Å²) in [5.41, 5.74) is 1.17. The average Bonchev–Trinajstić information content (AvgIpc) is 2.97. The molecule has 1 aliphatic rings. The van der Waals surface area contributed by atoms with Crippen LogP contribution in [0.1, 0.15) is 31.9 Å².